The second-order valence-corrected chi connectivity index (χ2v) is 8.93. The third kappa shape index (κ3) is 3.35. The van der Waals surface area contributed by atoms with E-state index in [2.05, 4.69) is 9.98 Å². The Bertz CT molecular complexity index is 1120. The summed E-state index contributed by atoms with van der Waals surface area (Å²) in [5.74, 6) is 2.03. The van der Waals surface area contributed by atoms with E-state index in [0.29, 0.717) is 17.2 Å². The zero-order valence-electron chi connectivity index (χ0n) is 14.9. The monoisotopic (exact) mass is 424 g/mol. The van der Waals surface area contributed by atoms with E-state index in [4.69, 9.17) is 10.6 Å². The minimum absolute atomic E-state index is 0.657. The molecule has 0 saturated heterocycles. The Hall–Kier alpha value is -3.22. The summed E-state index contributed by atoms with van der Waals surface area (Å²) >= 11 is -3.24. The van der Waals surface area contributed by atoms with E-state index in [0.717, 1.165) is 22.2 Å². The quantitative estimate of drug-likeness (QED) is 0.433. The van der Waals surface area contributed by atoms with Crippen LogP contribution in [0.15, 0.2) is 90.1 Å². The Morgan fingerprint density at radius 3 is 2.50 bits per heavy atom. The fourth-order valence-corrected chi connectivity index (χ4v) is 5.93. The molecule has 5 rings (SSSR count). The van der Waals surface area contributed by atoms with E-state index in [1.54, 1.807) is 12.4 Å². The summed E-state index contributed by atoms with van der Waals surface area (Å²) in [5.41, 5.74) is 2.43. The van der Waals surface area contributed by atoms with Gasteiger partial charge in [0.1, 0.15) is 0 Å². The molecule has 1 aliphatic heterocycles. The molecular formula is C22H15GaN2O3. The number of fused-ring (bicyclic) bond motifs is 3. The van der Waals surface area contributed by atoms with Gasteiger partial charge in [-0.05, 0) is 0 Å². The Labute approximate surface area is 168 Å². The molecule has 0 atom stereocenters. The summed E-state index contributed by atoms with van der Waals surface area (Å²) in [5, 5.41) is 1.01. The van der Waals surface area contributed by atoms with E-state index in [1.807, 2.05) is 78.9 Å². The van der Waals surface area contributed by atoms with Crippen molar-refractivity contribution in [3.8, 4) is 17.2 Å². The van der Waals surface area contributed by atoms with Crippen molar-refractivity contribution in [3.63, 3.8) is 0 Å². The number of pyridine rings is 1. The molecule has 6 heteroatoms. The molecule has 1 aliphatic rings. The van der Waals surface area contributed by atoms with E-state index in [-0.39, 0.29) is 0 Å². The normalized spacial score (nSPS) is 12.6. The first-order valence-electron chi connectivity index (χ1n) is 8.93. The van der Waals surface area contributed by atoms with Gasteiger partial charge in [-0.15, -0.1) is 0 Å². The van der Waals surface area contributed by atoms with Crippen LogP contribution in [0.5, 0.6) is 17.2 Å². The SMILES string of the molecule is C1=Nc2ccccc2[O][Ga]([O]c2cccc3cccnc23)[O]c2ccccc21. The molecule has 28 heavy (non-hydrogen) atoms. The molecule has 0 saturated carbocycles. The summed E-state index contributed by atoms with van der Waals surface area (Å²) in [6.45, 7) is 0. The first kappa shape index (κ1) is 16.9. The van der Waals surface area contributed by atoms with Gasteiger partial charge in [0.05, 0.1) is 0 Å². The van der Waals surface area contributed by atoms with Crippen molar-refractivity contribution in [2.24, 2.45) is 4.99 Å². The molecule has 1 aromatic heterocycles. The molecule has 134 valence electrons. The molecule has 0 spiro atoms. The average Bonchev–Trinajstić information content (AvgIpc) is 2.81. The zero-order valence-corrected chi connectivity index (χ0v) is 17.3. The number of hydrogen-bond donors (Lipinski definition) is 0. The first-order valence-corrected chi connectivity index (χ1v) is 11.9. The molecule has 4 aromatic rings. The predicted molar refractivity (Wildman–Crippen MR) is 110 cm³/mol. The molecule has 0 radical (unpaired) electrons. The van der Waals surface area contributed by atoms with E-state index < -0.39 is 17.3 Å². The molecule has 3 aromatic carbocycles. The number of hydrogen-bond acceptors (Lipinski definition) is 5. The van der Waals surface area contributed by atoms with Crippen molar-refractivity contribution in [1.82, 2.24) is 4.98 Å². The maximum atomic E-state index is 6.30. The van der Waals surface area contributed by atoms with Crippen molar-refractivity contribution >= 4 is 40.1 Å². The fourth-order valence-electron chi connectivity index (χ4n) is 3.05. The topological polar surface area (TPSA) is 52.9 Å². The number of benzene rings is 3. The first-order chi connectivity index (χ1) is 13.9. The number of aromatic nitrogens is 1. The van der Waals surface area contributed by atoms with Gasteiger partial charge in [-0.3, -0.25) is 0 Å². The molecule has 0 bridgehead atoms. The molecule has 0 N–H and O–H groups in total. The van der Waals surface area contributed by atoms with E-state index in [1.165, 1.54) is 0 Å². The maximum absolute atomic E-state index is 6.30. The van der Waals surface area contributed by atoms with Gasteiger partial charge in [-0.2, -0.15) is 0 Å². The van der Waals surface area contributed by atoms with Gasteiger partial charge in [0.2, 0.25) is 0 Å². The number of rotatable bonds is 2. The number of nitrogens with zero attached hydrogens (tertiary/aromatic N) is 2. The van der Waals surface area contributed by atoms with Gasteiger partial charge >= 0.3 is 169 Å². The van der Waals surface area contributed by atoms with Crippen LogP contribution in [0, 0.1) is 0 Å². The number of para-hydroxylation sites is 4. The van der Waals surface area contributed by atoms with Crippen molar-refractivity contribution in [2.75, 3.05) is 0 Å². The molecular weight excluding hydrogens is 410 g/mol. The van der Waals surface area contributed by atoms with Crippen LogP contribution >= 0.6 is 0 Å². The van der Waals surface area contributed by atoms with Crippen LogP contribution in [0.25, 0.3) is 10.9 Å². The van der Waals surface area contributed by atoms with Crippen molar-refractivity contribution < 1.29 is 10.6 Å². The third-order valence-corrected chi connectivity index (χ3v) is 7.20. The van der Waals surface area contributed by atoms with Gasteiger partial charge in [0.15, 0.2) is 0 Å². The van der Waals surface area contributed by atoms with Crippen LogP contribution in [-0.4, -0.2) is 28.5 Å². The van der Waals surface area contributed by atoms with Crippen LogP contribution < -0.4 is 10.6 Å². The van der Waals surface area contributed by atoms with Crippen molar-refractivity contribution in [1.29, 1.82) is 0 Å². The van der Waals surface area contributed by atoms with Gasteiger partial charge in [0, 0.05) is 0 Å². The van der Waals surface area contributed by atoms with Crippen LogP contribution in [0.1, 0.15) is 5.56 Å². The summed E-state index contributed by atoms with van der Waals surface area (Å²) in [4.78, 5) is 9.04. The summed E-state index contributed by atoms with van der Waals surface area (Å²) in [6, 6.07) is 25.2. The Kier molecular flexibility index (Phi) is 4.48. The van der Waals surface area contributed by atoms with Gasteiger partial charge in [0.25, 0.3) is 0 Å². The molecule has 5 nitrogen and oxygen atoms in total. The predicted octanol–water partition coefficient (Wildman–Crippen LogP) is 4.82. The van der Waals surface area contributed by atoms with Crippen molar-refractivity contribution in [2.45, 2.75) is 0 Å². The molecule has 0 aliphatic carbocycles. The van der Waals surface area contributed by atoms with Gasteiger partial charge < -0.3 is 0 Å². The minimum atomic E-state index is -3.24. The third-order valence-electron chi connectivity index (χ3n) is 4.39. The summed E-state index contributed by atoms with van der Waals surface area (Å²) in [6.07, 6.45) is 3.55. The Morgan fingerprint density at radius 1 is 0.750 bits per heavy atom. The molecule has 2 heterocycles. The van der Waals surface area contributed by atoms with Crippen molar-refractivity contribution in [3.05, 3.63) is 90.6 Å². The van der Waals surface area contributed by atoms with Gasteiger partial charge in [-0.1, -0.05) is 0 Å². The molecule has 0 amide bonds. The molecule has 0 fully saturated rings. The van der Waals surface area contributed by atoms with Crippen LogP contribution in [0.2, 0.25) is 0 Å². The van der Waals surface area contributed by atoms with Crippen LogP contribution in [0.3, 0.4) is 0 Å². The van der Waals surface area contributed by atoms with Gasteiger partial charge in [-0.25, -0.2) is 0 Å². The Morgan fingerprint density at radius 2 is 1.54 bits per heavy atom. The van der Waals surface area contributed by atoms with Crippen LogP contribution in [0.4, 0.5) is 5.69 Å². The zero-order chi connectivity index (χ0) is 18.8. The second kappa shape index (κ2) is 7.42. The average molecular weight is 425 g/mol. The Balaban J connectivity index is 1.57. The number of aliphatic imine (C=N–C) groups is 1. The second-order valence-electron chi connectivity index (χ2n) is 6.24. The summed E-state index contributed by atoms with van der Waals surface area (Å²) < 4.78 is 18.8. The fraction of sp³-hybridized carbons (Fsp3) is 0. The summed E-state index contributed by atoms with van der Waals surface area (Å²) in [7, 11) is 0. The van der Waals surface area contributed by atoms with Crippen LogP contribution in [-0.2, 0) is 0 Å². The van der Waals surface area contributed by atoms with E-state index >= 15 is 0 Å². The molecule has 0 unspecified atom stereocenters. The van der Waals surface area contributed by atoms with E-state index in [9.17, 15) is 0 Å². The standard InChI is InChI=1S/C13H11NO2.C9H7NO.Ga/c15-12-7-3-1-5-10(12)9-14-11-6-2-4-8-13(11)16;11-8-5-1-3-7-4-2-6-10-9(7)8;/h1-9,15-16H;1-6,11H;/q;;+3/p-3.